The van der Waals surface area contributed by atoms with Crippen molar-refractivity contribution in [3.05, 3.63) is 6.23 Å². The fourth-order valence-corrected chi connectivity index (χ4v) is 3.06. The van der Waals surface area contributed by atoms with Crippen LogP contribution >= 0.6 is 0 Å². The second-order valence-electron chi connectivity index (χ2n) is 3.61. The highest BCUT2D eigenvalue weighted by Gasteiger charge is 2.14. The zero-order chi connectivity index (χ0) is 7.49. The Bertz CT molecular complexity index is 75.6. The normalized spacial score (nSPS) is 12.7. The second-order valence-corrected chi connectivity index (χ2v) is 10.8. The second kappa shape index (κ2) is 3.53. The van der Waals surface area contributed by atoms with E-state index in [9.17, 15) is 0 Å². The summed E-state index contributed by atoms with van der Waals surface area (Å²) < 4.78 is 5.57. The molecule has 0 aromatic carbocycles. The third-order valence-corrected chi connectivity index (χ3v) is 2.49. The maximum Gasteiger partial charge on any atom is 0.183 e. The lowest BCUT2D eigenvalue weighted by Gasteiger charge is -2.17. The van der Waals surface area contributed by atoms with Gasteiger partial charge in [-0.1, -0.05) is 13.1 Å². The third kappa shape index (κ3) is 8.39. The summed E-state index contributed by atoms with van der Waals surface area (Å²) in [5, 5.41) is 0. The van der Waals surface area contributed by atoms with Crippen LogP contribution in [0.25, 0.3) is 0 Å². The predicted molar refractivity (Wildman–Crippen MR) is 47.6 cm³/mol. The molecule has 55 valence electrons. The zero-order valence-corrected chi connectivity index (χ0v) is 9.22. The lowest BCUT2D eigenvalue weighted by atomic mass is 11.7. The molecule has 1 radical (unpaired) electrons. The monoisotopic (exact) mass is 161 g/mol. The van der Waals surface area contributed by atoms with Gasteiger partial charge in [0.15, 0.2) is 8.32 Å². The van der Waals surface area contributed by atoms with E-state index in [1.807, 2.05) is 0 Å². The van der Waals surface area contributed by atoms with Crippen molar-refractivity contribution in [2.75, 3.05) is 0 Å². The van der Waals surface area contributed by atoms with Crippen molar-refractivity contribution in [1.82, 2.24) is 0 Å². The van der Waals surface area contributed by atoms with E-state index in [4.69, 9.17) is 4.43 Å². The van der Waals surface area contributed by atoms with E-state index in [0.29, 0.717) is 0 Å². The van der Waals surface area contributed by atoms with Gasteiger partial charge < -0.3 is 4.43 Å². The summed E-state index contributed by atoms with van der Waals surface area (Å²) in [5.74, 6) is 0. The fraction of sp³-hybridized carbons (Fsp3) is 0.833. The quantitative estimate of drug-likeness (QED) is 0.576. The summed E-state index contributed by atoms with van der Waals surface area (Å²) in [6, 6.07) is 0. The highest BCUT2D eigenvalue weighted by atomic mass is 28.4. The van der Waals surface area contributed by atoms with E-state index in [1.165, 1.54) is 0 Å². The van der Waals surface area contributed by atoms with Crippen LogP contribution in [0.2, 0.25) is 32.7 Å². The van der Waals surface area contributed by atoms with Crippen LogP contribution in [-0.2, 0) is 4.43 Å². The number of rotatable bonds is 3. The Morgan fingerprint density at radius 3 is 1.78 bits per heavy atom. The molecule has 0 aliphatic heterocycles. The molecule has 0 heterocycles. The molecule has 3 heteroatoms. The van der Waals surface area contributed by atoms with Gasteiger partial charge in [-0.25, -0.2) is 0 Å². The standard InChI is InChI=1S/C6H17OSi2/c1-8(2)6-7-9(3,4)5/h6,8H,1-5H3. The Morgan fingerprint density at radius 1 is 1.22 bits per heavy atom. The molecule has 0 amide bonds. The van der Waals surface area contributed by atoms with E-state index in [-0.39, 0.29) is 0 Å². The predicted octanol–water partition coefficient (Wildman–Crippen LogP) is 2.03. The summed E-state index contributed by atoms with van der Waals surface area (Å²) in [6.07, 6.45) is 2.08. The number of hydrogen-bond acceptors (Lipinski definition) is 1. The van der Waals surface area contributed by atoms with Crippen molar-refractivity contribution in [3.63, 3.8) is 0 Å². The van der Waals surface area contributed by atoms with Crippen molar-refractivity contribution in [3.8, 4) is 0 Å². The molecule has 0 atom stereocenters. The Hall–Kier alpha value is 0.394. The molecule has 1 nitrogen and oxygen atoms in total. The van der Waals surface area contributed by atoms with Crippen molar-refractivity contribution >= 4 is 17.1 Å². The molecular weight excluding hydrogens is 144 g/mol. The highest BCUT2D eigenvalue weighted by Crippen LogP contribution is 2.05. The molecule has 0 N–H and O–H groups in total. The lowest BCUT2D eigenvalue weighted by Crippen LogP contribution is -2.26. The molecule has 0 fully saturated rings. The SMILES string of the molecule is C[SiH](C)[CH]O[Si](C)(C)C. The maximum absolute atomic E-state index is 5.57. The molecule has 0 rings (SSSR count). The van der Waals surface area contributed by atoms with Crippen LogP contribution in [-0.4, -0.2) is 17.1 Å². The van der Waals surface area contributed by atoms with Crippen LogP contribution in [0.1, 0.15) is 0 Å². The average molecular weight is 161 g/mol. The first-order valence-electron chi connectivity index (χ1n) is 3.43. The Labute approximate surface area is 61.2 Å². The minimum atomic E-state index is -1.24. The summed E-state index contributed by atoms with van der Waals surface area (Å²) in [4.78, 5) is 0. The van der Waals surface area contributed by atoms with Crippen LogP contribution in [0.4, 0.5) is 0 Å². The molecule has 0 aliphatic rings. The van der Waals surface area contributed by atoms with Crippen LogP contribution in [0.15, 0.2) is 0 Å². The van der Waals surface area contributed by atoms with Gasteiger partial charge in [-0.2, -0.15) is 0 Å². The summed E-state index contributed by atoms with van der Waals surface area (Å²) in [7, 11) is -1.82. The molecule has 0 aromatic rings. The molecule has 0 saturated heterocycles. The van der Waals surface area contributed by atoms with Gasteiger partial charge in [0.05, 0.1) is 15.0 Å². The molecule has 9 heavy (non-hydrogen) atoms. The van der Waals surface area contributed by atoms with Gasteiger partial charge in [0.1, 0.15) is 0 Å². The fourth-order valence-electron chi connectivity index (χ4n) is 0.340. The van der Waals surface area contributed by atoms with Gasteiger partial charge in [0.25, 0.3) is 0 Å². The molecule has 0 bridgehead atoms. The topological polar surface area (TPSA) is 9.23 Å². The van der Waals surface area contributed by atoms with Crippen molar-refractivity contribution in [2.45, 2.75) is 32.7 Å². The summed E-state index contributed by atoms with van der Waals surface area (Å²) >= 11 is 0. The largest absolute Gasteiger partial charge is 0.416 e. The Morgan fingerprint density at radius 2 is 1.67 bits per heavy atom. The zero-order valence-electron chi connectivity index (χ0n) is 7.06. The van der Waals surface area contributed by atoms with Gasteiger partial charge in [-0.15, -0.1) is 0 Å². The molecule has 0 aliphatic carbocycles. The molecule has 0 unspecified atom stereocenters. The number of hydrogen-bond donors (Lipinski definition) is 0. The maximum atomic E-state index is 5.57. The van der Waals surface area contributed by atoms with E-state index >= 15 is 0 Å². The van der Waals surface area contributed by atoms with E-state index < -0.39 is 17.1 Å². The molecule has 0 spiro atoms. The van der Waals surface area contributed by atoms with Crippen molar-refractivity contribution in [2.24, 2.45) is 0 Å². The summed E-state index contributed by atoms with van der Waals surface area (Å²) in [6.45, 7) is 11.2. The Kier molecular flexibility index (Phi) is 3.69. The van der Waals surface area contributed by atoms with E-state index in [2.05, 4.69) is 39.0 Å². The van der Waals surface area contributed by atoms with Crippen LogP contribution in [0.5, 0.6) is 0 Å². The Balaban J connectivity index is 3.28. The van der Waals surface area contributed by atoms with Gasteiger partial charge in [0.2, 0.25) is 0 Å². The average Bonchev–Trinajstić information content (AvgIpc) is 1.59. The van der Waals surface area contributed by atoms with E-state index in [1.54, 1.807) is 0 Å². The van der Waals surface area contributed by atoms with Gasteiger partial charge in [0, 0.05) is 0 Å². The highest BCUT2D eigenvalue weighted by molar-refractivity contribution is 6.71. The minimum absolute atomic E-state index is 0.583. The minimum Gasteiger partial charge on any atom is -0.416 e. The first-order chi connectivity index (χ1) is 3.92. The first-order valence-corrected chi connectivity index (χ1v) is 9.81. The first kappa shape index (κ1) is 9.39. The van der Waals surface area contributed by atoms with Crippen LogP contribution < -0.4 is 0 Å². The van der Waals surface area contributed by atoms with Gasteiger partial charge in [-0.3, -0.25) is 0 Å². The van der Waals surface area contributed by atoms with Crippen LogP contribution in [0.3, 0.4) is 0 Å². The smallest absolute Gasteiger partial charge is 0.183 e. The third-order valence-electron chi connectivity index (χ3n) is 0.694. The van der Waals surface area contributed by atoms with E-state index in [0.717, 1.165) is 0 Å². The van der Waals surface area contributed by atoms with Crippen molar-refractivity contribution < 1.29 is 4.43 Å². The summed E-state index contributed by atoms with van der Waals surface area (Å²) in [5.41, 5.74) is 0. The molecular formula is C6H17OSi2. The lowest BCUT2D eigenvalue weighted by molar-refractivity contribution is 0.445. The van der Waals surface area contributed by atoms with Crippen LogP contribution in [0, 0.1) is 6.23 Å². The molecule has 0 saturated carbocycles. The van der Waals surface area contributed by atoms with Gasteiger partial charge in [-0.05, 0) is 19.6 Å². The molecule has 0 aromatic heterocycles. The van der Waals surface area contributed by atoms with Crippen molar-refractivity contribution in [1.29, 1.82) is 0 Å². The van der Waals surface area contributed by atoms with Gasteiger partial charge >= 0.3 is 0 Å².